The van der Waals surface area contributed by atoms with E-state index >= 15 is 0 Å². The van der Waals surface area contributed by atoms with Crippen LogP contribution in [0.3, 0.4) is 0 Å². The van der Waals surface area contributed by atoms with Gasteiger partial charge in [-0.1, -0.05) is 18.2 Å². The number of anilines is 1. The summed E-state index contributed by atoms with van der Waals surface area (Å²) in [6.07, 6.45) is 4.65. The van der Waals surface area contributed by atoms with E-state index in [9.17, 15) is 13.2 Å². The quantitative estimate of drug-likeness (QED) is 0.442. The van der Waals surface area contributed by atoms with E-state index in [1.807, 2.05) is 44.4 Å². The van der Waals surface area contributed by atoms with Crippen LogP contribution in [-0.2, 0) is 24.1 Å². The van der Waals surface area contributed by atoms with Gasteiger partial charge in [0.15, 0.2) is 0 Å². The Bertz CT molecular complexity index is 1730. The van der Waals surface area contributed by atoms with E-state index in [4.69, 9.17) is 0 Å². The van der Waals surface area contributed by atoms with Crippen LogP contribution in [0.2, 0.25) is 0 Å². The van der Waals surface area contributed by atoms with Crippen LogP contribution in [-0.4, -0.2) is 38.6 Å². The maximum Gasteiger partial charge on any atom is 0.333 e. The maximum absolute atomic E-state index is 13.2. The van der Waals surface area contributed by atoms with Gasteiger partial charge in [0.2, 0.25) is 10.0 Å². The van der Waals surface area contributed by atoms with Gasteiger partial charge in [-0.25, -0.2) is 13.2 Å². The second kappa shape index (κ2) is 7.31. The summed E-state index contributed by atoms with van der Waals surface area (Å²) in [5, 5.41) is 5.22. The van der Waals surface area contributed by atoms with Crippen molar-refractivity contribution in [3.63, 3.8) is 0 Å². The molecule has 0 unspecified atom stereocenters. The van der Waals surface area contributed by atoms with Gasteiger partial charge >= 0.3 is 5.69 Å². The number of imidazole rings is 1. The Morgan fingerprint density at radius 3 is 2.48 bits per heavy atom. The third-order valence-electron chi connectivity index (χ3n) is 5.61. The van der Waals surface area contributed by atoms with Crippen molar-refractivity contribution in [1.29, 1.82) is 0 Å². The van der Waals surface area contributed by atoms with E-state index in [0.717, 1.165) is 39.5 Å². The number of sulfonamides is 1. The molecule has 1 N–H and O–H groups in total. The molecule has 0 aliphatic rings. The van der Waals surface area contributed by atoms with Crippen molar-refractivity contribution >= 4 is 37.6 Å². The monoisotopic (exact) mass is 462 g/mol. The van der Waals surface area contributed by atoms with E-state index in [0.29, 0.717) is 16.9 Å². The minimum absolute atomic E-state index is 0.180. The van der Waals surface area contributed by atoms with Crippen molar-refractivity contribution in [3.8, 4) is 16.8 Å². The first-order chi connectivity index (χ1) is 15.6. The Hall–Kier alpha value is -3.92. The standard InChI is InChI=1S/C23H22N6O3S/c1-14-21(13-27(2)25-14)29-22-18-11-16(15-6-5-7-17(10-15)26-33(4,31)32)8-9-19(18)24-12-20(22)28(3)23(29)30/h5-13,26H,1-4H3. The molecule has 5 rings (SSSR count). The van der Waals surface area contributed by atoms with Crippen molar-refractivity contribution in [2.24, 2.45) is 14.1 Å². The summed E-state index contributed by atoms with van der Waals surface area (Å²) in [5.74, 6) is 0. The molecule has 0 fully saturated rings. The second-order valence-electron chi connectivity index (χ2n) is 8.13. The zero-order valence-electron chi connectivity index (χ0n) is 18.6. The summed E-state index contributed by atoms with van der Waals surface area (Å²) in [5.41, 5.74) is 5.67. The highest BCUT2D eigenvalue weighted by molar-refractivity contribution is 7.92. The molecule has 33 heavy (non-hydrogen) atoms. The van der Waals surface area contributed by atoms with Gasteiger partial charge in [-0.2, -0.15) is 5.10 Å². The summed E-state index contributed by atoms with van der Waals surface area (Å²) in [7, 11) is 0.159. The zero-order valence-corrected chi connectivity index (χ0v) is 19.4. The van der Waals surface area contributed by atoms with Crippen molar-refractivity contribution in [1.82, 2.24) is 23.9 Å². The third kappa shape index (κ3) is 3.58. The molecule has 0 saturated heterocycles. The smallest absolute Gasteiger partial charge is 0.293 e. The lowest BCUT2D eigenvalue weighted by atomic mass is 10.0. The number of aryl methyl sites for hydroxylation is 3. The lowest BCUT2D eigenvalue weighted by Gasteiger charge is -2.09. The molecule has 9 nitrogen and oxygen atoms in total. The van der Waals surface area contributed by atoms with E-state index in [-0.39, 0.29) is 5.69 Å². The fourth-order valence-corrected chi connectivity index (χ4v) is 4.74. The van der Waals surface area contributed by atoms with E-state index < -0.39 is 10.0 Å². The average molecular weight is 463 g/mol. The molecule has 3 aromatic heterocycles. The summed E-state index contributed by atoms with van der Waals surface area (Å²) in [4.78, 5) is 17.8. The normalized spacial score (nSPS) is 12.0. The van der Waals surface area contributed by atoms with Gasteiger partial charge in [0, 0.05) is 31.4 Å². The number of nitrogens with one attached hydrogen (secondary N) is 1. The lowest BCUT2D eigenvalue weighted by molar-refractivity contribution is 0.607. The third-order valence-corrected chi connectivity index (χ3v) is 6.22. The molecule has 0 aliphatic heterocycles. The van der Waals surface area contributed by atoms with Gasteiger partial charge in [0.25, 0.3) is 0 Å². The van der Waals surface area contributed by atoms with E-state index in [1.165, 1.54) is 0 Å². The van der Waals surface area contributed by atoms with Crippen LogP contribution in [0.1, 0.15) is 5.69 Å². The second-order valence-corrected chi connectivity index (χ2v) is 9.88. The van der Waals surface area contributed by atoms with Gasteiger partial charge in [-0.3, -0.25) is 23.5 Å². The molecular formula is C23H22N6O3S. The first-order valence-corrected chi connectivity index (χ1v) is 12.1. The Kier molecular flexibility index (Phi) is 4.64. The number of pyridine rings is 1. The molecular weight excluding hydrogens is 440 g/mol. The molecule has 0 amide bonds. The minimum Gasteiger partial charge on any atom is -0.293 e. The Labute approximate surface area is 190 Å². The van der Waals surface area contributed by atoms with Gasteiger partial charge < -0.3 is 0 Å². The van der Waals surface area contributed by atoms with Crippen molar-refractivity contribution in [2.45, 2.75) is 6.92 Å². The predicted octanol–water partition coefficient (Wildman–Crippen LogP) is 2.96. The molecule has 0 spiro atoms. The fourth-order valence-electron chi connectivity index (χ4n) is 4.18. The van der Waals surface area contributed by atoms with Gasteiger partial charge in [-0.05, 0) is 42.3 Å². The molecule has 10 heteroatoms. The van der Waals surface area contributed by atoms with Crippen LogP contribution in [0.25, 0.3) is 38.8 Å². The average Bonchev–Trinajstić information content (AvgIpc) is 3.21. The van der Waals surface area contributed by atoms with Crippen molar-refractivity contribution in [2.75, 3.05) is 11.0 Å². The molecule has 0 aliphatic carbocycles. The number of benzene rings is 2. The van der Waals surface area contributed by atoms with Gasteiger partial charge in [0.05, 0.1) is 40.4 Å². The number of hydrogen-bond donors (Lipinski definition) is 1. The van der Waals surface area contributed by atoms with E-state index in [1.54, 1.807) is 45.3 Å². The highest BCUT2D eigenvalue weighted by atomic mass is 32.2. The summed E-state index contributed by atoms with van der Waals surface area (Å²) < 4.78 is 30.7. The minimum atomic E-state index is -3.39. The van der Waals surface area contributed by atoms with Crippen LogP contribution in [0.15, 0.2) is 59.7 Å². The Balaban J connectivity index is 1.79. The number of aromatic nitrogens is 5. The van der Waals surface area contributed by atoms with Crippen LogP contribution in [0.5, 0.6) is 0 Å². The Morgan fingerprint density at radius 2 is 1.79 bits per heavy atom. The first-order valence-electron chi connectivity index (χ1n) is 10.2. The summed E-state index contributed by atoms with van der Waals surface area (Å²) in [6.45, 7) is 1.87. The van der Waals surface area contributed by atoms with Crippen LogP contribution >= 0.6 is 0 Å². The summed E-state index contributed by atoms with van der Waals surface area (Å²) >= 11 is 0. The molecule has 2 aromatic carbocycles. The van der Waals surface area contributed by atoms with Crippen LogP contribution in [0.4, 0.5) is 5.69 Å². The van der Waals surface area contributed by atoms with Crippen molar-refractivity contribution in [3.05, 3.63) is 71.0 Å². The van der Waals surface area contributed by atoms with Crippen molar-refractivity contribution < 1.29 is 8.42 Å². The number of hydrogen-bond acceptors (Lipinski definition) is 5. The molecule has 5 aromatic rings. The Morgan fingerprint density at radius 1 is 1.03 bits per heavy atom. The number of nitrogens with zero attached hydrogens (tertiary/aromatic N) is 5. The predicted molar refractivity (Wildman–Crippen MR) is 129 cm³/mol. The van der Waals surface area contributed by atoms with Crippen LogP contribution < -0.4 is 10.4 Å². The molecule has 3 heterocycles. The molecule has 168 valence electrons. The number of rotatable bonds is 4. The molecule has 0 bridgehead atoms. The first kappa shape index (κ1) is 21.0. The SMILES string of the molecule is Cc1nn(C)cc1-n1c(=O)n(C)c2cnc3ccc(-c4cccc(NS(C)(=O)=O)c4)cc3c21. The molecule has 0 radical (unpaired) electrons. The fraction of sp³-hybridized carbons (Fsp3) is 0.174. The zero-order chi connectivity index (χ0) is 23.5. The van der Waals surface area contributed by atoms with Crippen LogP contribution in [0, 0.1) is 6.92 Å². The maximum atomic E-state index is 13.2. The lowest BCUT2D eigenvalue weighted by Crippen LogP contribution is -2.21. The summed E-state index contributed by atoms with van der Waals surface area (Å²) in [6, 6.07) is 13.0. The van der Waals surface area contributed by atoms with Gasteiger partial charge in [0.1, 0.15) is 0 Å². The number of fused-ring (bicyclic) bond motifs is 3. The van der Waals surface area contributed by atoms with Gasteiger partial charge in [-0.15, -0.1) is 0 Å². The topological polar surface area (TPSA) is 104 Å². The molecule has 0 saturated carbocycles. The highest BCUT2D eigenvalue weighted by Crippen LogP contribution is 2.31. The largest absolute Gasteiger partial charge is 0.333 e. The van der Waals surface area contributed by atoms with E-state index in [2.05, 4.69) is 14.8 Å². The molecule has 0 atom stereocenters. The highest BCUT2D eigenvalue weighted by Gasteiger charge is 2.19.